The molecule has 0 saturated heterocycles. The molecule has 1 aromatic heterocycles. The number of hydrogen-bond acceptors (Lipinski definition) is 3. The van der Waals surface area contributed by atoms with Crippen LogP contribution < -0.4 is 10.9 Å². The lowest BCUT2D eigenvalue weighted by Gasteiger charge is -2.08. The average Bonchev–Trinajstić information content (AvgIpc) is 2.50. The molecule has 3 rings (SSSR count). The van der Waals surface area contributed by atoms with E-state index in [1.807, 2.05) is 31.2 Å². The Bertz CT molecular complexity index is 856. The first-order chi connectivity index (χ1) is 10.6. The van der Waals surface area contributed by atoms with E-state index in [1.165, 1.54) is 12.1 Å². The van der Waals surface area contributed by atoms with Crippen molar-refractivity contribution in [1.82, 2.24) is 9.97 Å². The Morgan fingerprint density at radius 2 is 1.82 bits per heavy atom. The van der Waals surface area contributed by atoms with Crippen molar-refractivity contribution in [3.63, 3.8) is 0 Å². The van der Waals surface area contributed by atoms with Gasteiger partial charge in [-0.1, -0.05) is 42.0 Å². The zero-order valence-corrected chi connectivity index (χ0v) is 11.9. The minimum absolute atomic E-state index is 0.202. The highest BCUT2D eigenvalue weighted by atomic mass is 19.1. The lowest BCUT2D eigenvalue weighted by atomic mass is 10.1. The number of aryl methyl sites for hydroxylation is 1. The Balaban J connectivity index is 1.98. The molecule has 0 aliphatic heterocycles. The molecule has 1 heterocycles. The Kier molecular flexibility index (Phi) is 3.70. The van der Waals surface area contributed by atoms with Crippen molar-refractivity contribution in [1.29, 1.82) is 0 Å². The van der Waals surface area contributed by atoms with Gasteiger partial charge in [0.15, 0.2) is 0 Å². The quantitative estimate of drug-likeness (QED) is 0.775. The van der Waals surface area contributed by atoms with Crippen molar-refractivity contribution in [2.24, 2.45) is 0 Å². The summed E-state index contributed by atoms with van der Waals surface area (Å²) < 4.78 is 13.7. The zero-order valence-electron chi connectivity index (χ0n) is 11.9. The molecule has 22 heavy (non-hydrogen) atoms. The summed E-state index contributed by atoms with van der Waals surface area (Å²) in [6.45, 7) is 1.99. The van der Waals surface area contributed by atoms with Gasteiger partial charge in [0.2, 0.25) is 5.95 Å². The van der Waals surface area contributed by atoms with Gasteiger partial charge in [0, 0.05) is 11.6 Å². The number of halogens is 1. The molecule has 110 valence electrons. The first kappa shape index (κ1) is 14.0. The van der Waals surface area contributed by atoms with Crippen molar-refractivity contribution >= 4 is 11.6 Å². The third kappa shape index (κ3) is 3.03. The predicted octanol–water partition coefficient (Wildman–Crippen LogP) is 3.63. The standard InChI is InChI=1S/C17H14FN3O/c1-11-6-8-12(9-7-11)15-10-16(22)21-17(20-15)19-14-5-3-2-4-13(14)18/h2-10H,1H3,(H2,19,20,21,22). The Hall–Kier alpha value is -2.95. The highest BCUT2D eigenvalue weighted by Gasteiger charge is 2.06. The molecular formula is C17H14FN3O. The number of hydrogen-bond donors (Lipinski definition) is 2. The number of anilines is 2. The summed E-state index contributed by atoms with van der Waals surface area (Å²) >= 11 is 0. The molecule has 0 atom stereocenters. The third-order valence-corrected chi connectivity index (χ3v) is 3.22. The maximum atomic E-state index is 13.7. The number of nitrogens with one attached hydrogen (secondary N) is 2. The van der Waals surface area contributed by atoms with Crippen LogP contribution in [0.15, 0.2) is 59.4 Å². The molecule has 0 spiro atoms. The summed E-state index contributed by atoms with van der Waals surface area (Å²) in [7, 11) is 0. The summed E-state index contributed by atoms with van der Waals surface area (Å²) in [5.74, 6) is -0.209. The highest BCUT2D eigenvalue weighted by Crippen LogP contribution is 2.20. The second-order valence-electron chi connectivity index (χ2n) is 4.95. The number of para-hydroxylation sites is 1. The lowest BCUT2D eigenvalue weighted by molar-refractivity contribution is 0.631. The van der Waals surface area contributed by atoms with Gasteiger partial charge >= 0.3 is 0 Å². The molecular weight excluding hydrogens is 281 g/mol. The monoisotopic (exact) mass is 295 g/mol. The second-order valence-corrected chi connectivity index (χ2v) is 4.95. The minimum atomic E-state index is -0.411. The summed E-state index contributed by atoms with van der Waals surface area (Å²) in [5.41, 5.74) is 2.44. The van der Waals surface area contributed by atoms with Gasteiger partial charge in [-0.2, -0.15) is 0 Å². The van der Waals surface area contributed by atoms with Crippen LogP contribution in [0.25, 0.3) is 11.3 Å². The Morgan fingerprint density at radius 3 is 2.55 bits per heavy atom. The largest absolute Gasteiger partial charge is 0.323 e. The van der Waals surface area contributed by atoms with Gasteiger partial charge in [-0.3, -0.25) is 9.78 Å². The number of aromatic amines is 1. The molecule has 0 aliphatic carbocycles. The summed E-state index contributed by atoms with van der Waals surface area (Å²) in [6, 6.07) is 15.3. The van der Waals surface area contributed by atoms with E-state index in [9.17, 15) is 9.18 Å². The van der Waals surface area contributed by atoms with Crippen LogP contribution in [0.4, 0.5) is 16.0 Å². The van der Waals surface area contributed by atoms with Crippen LogP contribution in [0.3, 0.4) is 0 Å². The van der Waals surface area contributed by atoms with Gasteiger partial charge in [-0.05, 0) is 19.1 Å². The van der Waals surface area contributed by atoms with Crippen LogP contribution in [-0.4, -0.2) is 9.97 Å². The van der Waals surface area contributed by atoms with E-state index in [-0.39, 0.29) is 17.2 Å². The first-order valence-electron chi connectivity index (χ1n) is 6.82. The molecule has 2 aromatic carbocycles. The van der Waals surface area contributed by atoms with Gasteiger partial charge < -0.3 is 5.32 Å². The van der Waals surface area contributed by atoms with Crippen molar-refractivity contribution < 1.29 is 4.39 Å². The highest BCUT2D eigenvalue weighted by molar-refractivity contribution is 5.62. The maximum Gasteiger partial charge on any atom is 0.252 e. The number of H-pyrrole nitrogens is 1. The van der Waals surface area contributed by atoms with Gasteiger partial charge in [0.05, 0.1) is 11.4 Å². The van der Waals surface area contributed by atoms with Crippen molar-refractivity contribution in [3.8, 4) is 11.3 Å². The number of rotatable bonds is 3. The normalized spacial score (nSPS) is 10.5. The number of nitrogens with zero attached hydrogens (tertiary/aromatic N) is 1. The van der Waals surface area contributed by atoms with Crippen molar-refractivity contribution in [2.45, 2.75) is 6.92 Å². The van der Waals surface area contributed by atoms with Crippen molar-refractivity contribution in [2.75, 3.05) is 5.32 Å². The number of aromatic nitrogens is 2. The smallest absolute Gasteiger partial charge is 0.252 e. The zero-order chi connectivity index (χ0) is 15.5. The lowest BCUT2D eigenvalue weighted by Crippen LogP contribution is -2.11. The first-order valence-corrected chi connectivity index (χ1v) is 6.82. The van der Waals surface area contributed by atoms with Crippen LogP contribution in [0.5, 0.6) is 0 Å². The second kappa shape index (κ2) is 5.81. The molecule has 2 N–H and O–H groups in total. The van der Waals surface area contributed by atoms with Gasteiger partial charge in [0.25, 0.3) is 5.56 Å². The SMILES string of the molecule is Cc1ccc(-c2cc(=O)[nH]c(Nc3ccccc3F)n2)cc1. The molecule has 0 unspecified atom stereocenters. The van der Waals surface area contributed by atoms with E-state index < -0.39 is 5.82 Å². The van der Waals surface area contributed by atoms with E-state index in [0.29, 0.717) is 5.69 Å². The maximum absolute atomic E-state index is 13.7. The van der Waals surface area contributed by atoms with Crippen LogP contribution in [-0.2, 0) is 0 Å². The topological polar surface area (TPSA) is 57.8 Å². The molecule has 0 radical (unpaired) electrons. The van der Waals surface area contributed by atoms with E-state index in [4.69, 9.17) is 0 Å². The van der Waals surface area contributed by atoms with Gasteiger partial charge in [0.1, 0.15) is 5.82 Å². The molecule has 5 heteroatoms. The fourth-order valence-corrected chi connectivity index (χ4v) is 2.08. The van der Waals surface area contributed by atoms with Crippen LogP contribution >= 0.6 is 0 Å². The van der Waals surface area contributed by atoms with E-state index >= 15 is 0 Å². The van der Waals surface area contributed by atoms with Crippen LogP contribution in [0, 0.1) is 12.7 Å². The third-order valence-electron chi connectivity index (χ3n) is 3.22. The fraction of sp³-hybridized carbons (Fsp3) is 0.0588. The van der Waals surface area contributed by atoms with Crippen LogP contribution in [0.1, 0.15) is 5.56 Å². The molecule has 0 fully saturated rings. The molecule has 0 amide bonds. The molecule has 0 saturated carbocycles. The molecule has 3 aromatic rings. The van der Waals surface area contributed by atoms with Crippen LogP contribution in [0.2, 0.25) is 0 Å². The van der Waals surface area contributed by atoms with E-state index in [0.717, 1.165) is 11.1 Å². The van der Waals surface area contributed by atoms with Crippen molar-refractivity contribution in [3.05, 3.63) is 76.3 Å². The van der Waals surface area contributed by atoms with Gasteiger partial charge in [-0.25, -0.2) is 9.37 Å². The molecule has 0 aliphatic rings. The Labute approximate surface area is 126 Å². The molecule has 0 bridgehead atoms. The minimum Gasteiger partial charge on any atom is -0.323 e. The summed E-state index contributed by atoms with van der Waals surface area (Å²) in [6.07, 6.45) is 0. The van der Waals surface area contributed by atoms with E-state index in [2.05, 4.69) is 15.3 Å². The number of benzene rings is 2. The molecule has 4 nitrogen and oxygen atoms in total. The Morgan fingerprint density at radius 1 is 1.09 bits per heavy atom. The predicted molar refractivity (Wildman–Crippen MR) is 84.7 cm³/mol. The van der Waals surface area contributed by atoms with E-state index in [1.54, 1.807) is 18.2 Å². The summed E-state index contributed by atoms with van der Waals surface area (Å²) in [4.78, 5) is 18.7. The summed E-state index contributed by atoms with van der Waals surface area (Å²) in [5, 5.41) is 2.79. The fourth-order valence-electron chi connectivity index (χ4n) is 2.08. The average molecular weight is 295 g/mol. The van der Waals surface area contributed by atoms with Gasteiger partial charge in [-0.15, -0.1) is 0 Å².